The van der Waals surface area contributed by atoms with Gasteiger partial charge in [0.1, 0.15) is 23.3 Å². The van der Waals surface area contributed by atoms with Crippen molar-refractivity contribution in [2.45, 2.75) is 60.1 Å². The third kappa shape index (κ3) is 7.50. The summed E-state index contributed by atoms with van der Waals surface area (Å²) in [6, 6.07) is 26.7. The van der Waals surface area contributed by atoms with Gasteiger partial charge in [0, 0.05) is 15.5 Å². The zero-order chi connectivity index (χ0) is 29.4. The number of hydrogen-bond donors (Lipinski definition) is 1. The first-order valence-electron chi connectivity index (χ1n) is 13.8. The summed E-state index contributed by atoms with van der Waals surface area (Å²) in [6.45, 7) is 9.36. The van der Waals surface area contributed by atoms with Crippen LogP contribution in [0.15, 0.2) is 86.3 Å². The van der Waals surface area contributed by atoms with Crippen molar-refractivity contribution < 1.29 is 9.47 Å². The van der Waals surface area contributed by atoms with Gasteiger partial charge < -0.3 is 15.2 Å². The van der Waals surface area contributed by atoms with Crippen molar-refractivity contribution >= 4 is 40.0 Å². The molecule has 4 rings (SSSR count). The van der Waals surface area contributed by atoms with E-state index in [0.717, 1.165) is 43.2 Å². The summed E-state index contributed by atoms with van der Waals surface area (Å²) in [5.74, 6) is 1.65. The zero-order valence-electron chi connectivity index (χ0n) is 23.9. The number of nitrogens with zero attached hydrogens (tertiary/aromatic N) is 2. The number of rotatable bonds is 12. The number of para-hydroxylation sites is 1. The monoisotopic (exact) mass is 581 g/mol. The van der Waals surface area contributed by atoms with Crippen LogP contribution in [0.3, 0.4) is 0 Å². The lowest BCUT2D eigenvalue weighted by atomic mass is 10.1. The van der Waals surface area contributed by atoms with E-state index in [-0.39, 0.29) is 11.1 Å². The quantitative estimate of drug-likeness (QED) is 0.167. The Morgan fingerprint density at radius 1 is 0.707 bits per heavy atom. The minimum absolute atomic E-state index is 0.190. The Bertz CT molecular complexity index is 1600. The molecule has 0 amide bonds. The number of fused-ring (bicyclic) bond motifs is 1. The molecule has 41 heavy (non-hydrogen) atoms. The van der Waals surface area contributed by atoms with E-state index in [4.69, 9.17) is 15.2 Å². The summed E-state index contributed by atoms with van der Waals surface area (Å²) >= 11 is 2.96. The molecule has 0 unspecified atom stereocenters. The maximum atomic E-state index is 10.4. The molecule has 0 atom stereocenters. The minimum Gasteiger partial charge on any atom is -0.491 e. The van der Waals surface area contributed by atoms with Gasteiger partial charge in [0.2, 0.25) is 0 Å². The van der Waals surface area contributed by atoms with Gasteiger partial charge in [0.25, 0.3) is 0 Å². The van der Waals surface area contributed by atoms with Gasteiger partial charge in [-0.05, 0) is 59.7 Å². The Balaban J connectivity index is 1.96. The van der Waals surface area contributed by atoms with Gasteiger partial charge >= 0.3 is 0 Å². The molecule has 210 valence electrons. The van der Waals surface area contributed by atoms with Gasteiger partial charge in [-0.3, -0.25) is 0 Å². The molecule has 4 aromatic carbocycles. The fourth-order valence-corrected chi connectivity index (χ4v) is 6.40. The summed E-state index contributed by atoms with van der Waals surface area (Å²) in [6.07, 6.45) is 1.62. The predicted molar refractivity (Wildman–Crippen MR) is 169 cm³/mol. The van der Waals surface area contributed by atoms with Gasteiger partial charge in [-0.15, -0.1) is 0 Å². The molecule has 0 heterocycles. The fourth-order valence-electron chi connectivity index (χ4n) is 4.16. The second kappa shape index (κ2) is 14.2. The molecule has 2 N–H and O–H groups in total. The number of nitrogens with two attached hydrogens (primary N) is 1. The molecule has 0 aliphatic heterocycles. The highest BCUT2D eigenvalue weighted by atomic mass is 32.2. The van der Waals surface area contributed by atoms with Crippen molar-refractivity contribution in [1.82, 2.24) is 0 Å². The topological polar surface area (TPSA) is 92.1 Å². The maximum Gasteiger partial charge on any atom is 0.153 e. The molecule has 7 heteroatoms. The fraction of sp³-hybridized carbons (Fsp3) is 0.294. The van der Waals surface area contributed by atoms with Crippen molar-refractivity contribution in [3.05, 3.63) is 77.9 Å². The number of hydrogen-bond acceptors (Lipinski definition) is 7. The average molecular weight is 582 g/mol. The normalized spacial score (nSPS) is 11.0. The highest BCUT2D eigenvalue weighted by Crippen LogP contribution is 2.53. The molecule has 0 bridgehead atoms. The van der Waals surface area contributed by atoms with E-state index < -0.39 is 0 Å². The van der Waals surface area contributed by atoms with Crippen LogP contribution in [0.2, 0.25) is 0 Å². The Kier molecular flexibility index (Phi) is 10.5. The van der Waals surface area contributed by atoms with Crippen LogP contribution in [-0.4, -0.2) is 13.2 Å². The van der Waals surface area contributed by atoms with Crippen molar-refractivity contribution in [3.8, 4) is 23.6 Å². The van der Waals surface area contributed by atoms with E-state index in [1.54, 1.807) is 0 Å². The van der Waals surface area contributed by atoms with Crippen LogP contribution in [-0.2, 0) is 0 Å². The lowest BCUT2D eigenvalue weighted by molar-refractivity contribution is 0.269. The Morgan fingerprint density at radius 2 is 1.24 bits per heavy atom. The lowest BCUT2D eigenvalue weighted by Crippen LogP contribution is -2.09. The molecule has 0 saturated heterocycles. The molecule has 0 aromatic heterocycles. The summed E-state index contributed by atoms with van der Waals surface area (Å²) < 4.78 is 12.8. The minimum atomic E-state index is 0.190. The first-order chi connectivity index (χ1) is 19.8. The first-order valence-corrected chi connectivity index (χ1v) is 15.4. The third-order valence-electron chi connectivity index (χ3n) is 6.50. The van der Waals surface area contributed by atoms with Crippen LogP contribution in [0.5, 0.6) is 11.5 Å². The summed E-state index contributed by atoms with van der Waals surface area (Å²) in [5, 5.41) is 23.0. The van der Waals surface area contributed by atoms with Gasteiger partial charge in [-0.1, -0.05) is 93.7 Å². The molecule has 5 nitrogen and oxygen atoms in total. The smallest absolute Gasteiger partial charge is 0.153 e. The molecular formula is C34H35N3O2S2. The molecular weight excluding hydrogens is 547 g/mol. The van der Waals surface area contributed by atoms with Crippen LogP contribution < -0.4 is 15.2 Å². The standard InChI is InChI=1S/C34H35N3O2S2/c1-22(2)15-17-38-31-27(20-35)28(21-36)32(39-18-16-23(3)4)34(41-30-12-8-7-11-29(30)37)33(31)40-26-14-13-24-9-5-6-10-25(24)19-26/h5-14,19,22-23H,15-18,37H2,1-4H3. The number of nitriles is 2. The SMILES string of the molecule is CC(C)CCOc1c(C#N)c(C#N)c(OCCC(C)C)c(Sc2ccccc2N)c1Sc1ccc2ccccc2c1. The molecule has 0 aliphatic carbocycles. The second-order valence-electron chi connectivity index (χ2n) is 10.6. The molecule has 0 fully saturated rings. The van der Waals surface area contributed by atoms with Crippen molar-refractivity contribution in [3.63, 3.8) is 0 Å². The van der Waals surface area contributed by atoms with E-state index in [0.29, 0.717) is 42.2 Å². The highest BCUT2D eigenvalue weighted by molar-refractivity contribution is 8.02. The average Bonchev–Trinajstić information content (AvgIpc) is 2.95. The van der Waals surface area contributed by atoms with E-state index in [2.05, 4.69) is 70.2 Å². The Morgan fingerprint density at radius 3 is 1.80 bits per heavy atom. The number of benzene rings is 4. The van der Waals surface area contributed by atoms with Crippen LogP contribution in [0.25, 0.3) is 10.8 Å². The zero-order valence-corrected chi connectivity index (χ0v) is 25.6. The van der Waals surface area contributed by atoms with Gasteiger partial charge in [-0.2, -0.15) is 10.5 Å². The van der Waals surface area contributed by atoms with Gasteiger partial charge in [0.15, 0.2) is 11.5 Å². The number of anilines is 1. The van der Waals surface area contributed by atoms with E-state index in [1.807, 2.05) is 36.4 Å². The lowest BCUT2D eigenvalue weighted by Gasteiger charge is -2.22. The highest BCUT2D eigenvalue weighted by Gasteiger charge is 2.29. The maximum absolute atomic E-state index is 10.4. The van der Waals surface area contributed by atoms with E-state index in [1.165, 1.54) is 23.5 Å². The molecule has 0 spiro atoms. The van der Waals surface area contributed by atoms with Crippen LogP contribution in [0, 0.1) is 34.5 Å². The van der Waals surface area contributed by atoms with Crippen LogP contribution in [0.4, 0.5) is 5.69 Å². The first kappa shape index (κ1) is 30.2. The molecule has 0 aliphatic rings. The van der Waals surface area contributed by atoms with Crippen LogP contribution in [0.1, 0.15) is 51.7 Å². The summed E-state index contributed by atoms with van der Waals surface area (Å²) in [4.78, 5) is 3.29. The van der Waals surface area contributed by atoms with E-state index in [9.17, 15) is 10.5 Å². The van der Waals surface area contributed by atoms with Gasteiger partial charge in [-0.25, -0.2) is 0 Å². The molecule has 4 aromatic rings. The molecule has 0 saturated carbocycles. The predicted octanol–water partition coefficient (Wildman–Crippen LogP) is 9.32. The Labute approximate surface area is 251 Å². The van der Waals surface area contributed by atoms with Gasteiger partial charge in [0.05, 0.1) is 23.0 Å². The van der Waals surface area contributed by atoms with Crippen molar-refractivity contribution in [1.29, 1.82) is 10.5 Å². The summed E-state index contributed by atoms with van der Waals surface area (Å²) in [5.41, 5.74) is 7.40. The Hall–Kier alpha value is -3.78. The van der Waals surface area contributed by atoms with Crippen molar-refractivity contribution in [2.24, 2.45) is 11.8 Å². The van der Waals surface area contributed by atoms with Crippen molar-refractivity contribution in [2.75, 3.05) is 18.9 Å². The molecule has 0 radical (unpaired) electrons. The van der Waals surface area contributed by atoms with E-state index >= 15 is 0 Å². The third-order valence-corrected chi connectivity index (χ3v) is 8.90. The number of nitrogen functional groups attached to an aromatic ring is 1. The summed E-state index contributed by atoms with van der Waals surface area (Å²) in [7, 11) is 0. The largest absolute Gasteiger partial charge is 0.491 e. The van der Waals surface area contributed by atoms with Crippen LogP contribution >= 0.6 is 23.5 Å². The number of ether oxygens (including phenoxy) is 2. The second-order valence-corrected chi connectivity index (χ2v) is 12.7.